The van der Waals surface area contributed by atoms with Crippen LogP contribution in [-0.4, -0.2) is 29.9 Å². The molecule has 0 saturated carbocycles. The van der Waals surface area contributed by atoms with Gasteiger partial charge in [0.25, 0.3) is 0 Å². The van der Waals surface area contributed by atoms with Crippen molar-refractivity contribution in [2.75, 3.05) is 13.1 Å². The smallest absolute Gasteiger partial charge is 0.239 e. The second kappa shape index (κ2) is 7.55. The molecule has 0 bridgehead atoms. The number of carbonyl (C=O) groups excluding carboxylic acids is 1. The van der Waals surface area contributed by atoms with E-state index in [1.165, 1.54) is 18.9 Å². The van der Waals surface area contributed by atoms with Gasteiger partial charge in [-0.1, -0.05) is 31.0 Å². The molecule has 0 radical (unpaired) electrons. The molecule has 1 N–H and O–H groups in total. The minimum Gasteiger partial charge on any atom is -0.341 e. The summed E-state index contributed by atoms with van der Waals surface area (Å²) in [6.45, 7) is 5.45. The average Bonchev–Trinajstić information content (AvgIpc) is 2.75. The highest BCUT2D eigenvalue weighted by molar-refractivity contribution is 5.81. The van der Waals surface area contributed by atoms with Gasteiger partial charge in [-0.05, 0) is 32.8 Å². The summed E-state index contributed by atoms with van der Waals surface area (Å²) >= 11 is 0. The van der Waals surface area contributed by atoms with Crippen molar-refractivity contribution in [1.29, 1.82) is 0 Å². The fourth-order valence-electron chi connectivity index (χ4n) is 2.93. The molecule has 1 aromatic rings. The van der Waals surface area contributed by atoms with E-state index < -0.39 is 0 Å². The molecule has 4 heteroatoms. The average molecular weight is 292 g/mol. The topological polar surface area (TPSA) is 32.3 Å². The summed E-state index contributed by atoms with van der Waals surface area (Å²) in [5.41, 5.74) is 0.605. The third-order valence-corrected chi connectivity index (χ3v) is 4.16. The summed E-state index contributed by atoms with van der Waals surface area (Å²) < 4.78 is 13.8. The molecule has 2 rings (SSSR count). The van der Waals surface area contributed by atoms with Crippen LogP contribution in [0.3, 0.4) is 0 Å². The standard InChI is InChI=1S/C17H25FN2O/c1-13(15-9-5-6-10-16(15)18)19-14(2)17(21)20-11-7-3-4-8-12-20/h5-6,9-10,13-14,19H,3-4,7-8,11-12H2,1-2H3. The van der Waals surface area contributed by atoms with Crippen molar-refractivity contribution in [2.45, 2.75) is 51.6 Å². The minimum atomic E-state index is -0.294. The Labute approximate surface area is 126 Å². The van der Waals surface area contributed by atoms with Gasteiger partial charge in [0.1, 0.15) is 5.82 Å². The van der Waals surface area contributed by atoms with Crippen LogP contribution in [0.15, 0.2) is 24.3 Å². The van der Waals surface area contributed by atoms with Gasteiger partial charge in [-0.25, -0.2) is 4.39 Å². The van der Waals surface area contributed by atoms with Gasteiger partial charge in [-0.15, -0.1) is 0 Å². The number of amides is 1. The van der Waals surface area contributed by atoms with E-state index >= 15 is 0 Å². The molecule has 1 aromatic carbocycles. The summed E-state index contributed by atoms with van der Waals surface area (Å²) in [4.78, 5) is 14.4. The van der Waals surface area contributed by atoms with Gasteiger partial charge in [-0.2, -0.15) is 0 Å². The van der Waals surface area contributed by atoms with Crippen molar-refractivity contribution in [1.82, 2.24) is 10.2 Å². The number of hydrogen-bond donors (Lipinski definition) is 1. The zero-order chi connectivity index (χ0) is 15.2. The van der Waals surface area contributed by atoms with Crippen LogP contribution in [-0.2, 0) is 4.79 Å². The summed E-state index contributed by atoms with van der Waals surface area (Å²) in [5, 5.41) is 3.22. The summed E-state index contributed by atoms with van der Waals surface area (Å²) in [6, 6.07) is 6.23. The third kappa shape index (κ3) is 4.27. The second-order valence-electron chi connectivity index (χ2n) is 5.87. The van der Waals surface area contributed by atoms with Gasteiger partial charge >= 0.3 is 0 Å². The minimum absolute atomic E-state index is 0.125. The first kappa shape index (κ1) is 16.0. The maximum atomic E-state index is 13.8. The third-order valence-electron chi connectivity index (χ3n) is 4.16. The van der Waals surface area contributed by atoms with E-state index in [0.29, 0.717) is 5.56 Å². The van der Waals surface area contributed by atoms with Gasteiger partial charge in [0.2, 0.25) is 5.91 Å². The van der Waals surface area contributed by atoms with E-state index in [9.17, 15) is 9.18 Å². The van der Waals surface area contributed by atoms with Crippen LogP contribution in [0.2, 0.25) is 0 Å². The predicted molar refractivity (Wildman–Crippen MR) is 82.5 cm³/mol. The van der Waals surface area contributed by atoms with E-state index in [1.807, 2.05) is 24.8 Å². The number of benzene rings is 1. The molecule has 1 heterocycles. The molecule has 1 amide bonds. The number of halogens is 1. The van der Waals surface area contributed by atoms with Crippen LogP contribution < -0.4 is 5.32 Å². The second-order valence-corrected chi connectivity index (χ2v) is 5.87. The number of hydrogen-bond acceptors (Lipinski definition) is 2. The Morgan fingerprint density at radius 2 is 1.76 bits per heavy atom. The summed E-state index contributed by atoms with van der Waals surface area (Å²) in [5.74, 6) is -0.105. The molecule has 2 atom stereocenters. The highest BCUT2D eigenvalue weighted by atomic mass is 19.1. The van der Waals surface area contributed by atoms with Crippen molar-refractivity contribution < 1.29 is 9.18 Å². The quantitative estimate of drug-likeness (QED) is 0.923. The van der Waals surface area contributed by atoms with Gasteiger partial charge in [0.15, 0.2) is 0 Å². The zero-order valence-corrected chi connectivity index (χ0v) is 12.9. The first-order chi connectivity index (χ1) is 10.1. The number of nitrogens with one attached hydrogen (secondary N) is 1. The van der Waals surface area contributed by atoms with Gasteiger partial charge < -0.3 is 4.90 Å². The Bertz CT molecular complexity index is 470. The molecule has 21 heavy (non-hydrogen) atoms. The SMILES string of the molecule is CC(NC(C)c1ccccc1F)C(=O)N1CCCCCC1. The van der Waals surface area contributed by atoms with Crippen LogP contribution in [0, 0.1) is 5.82 Å². The molecular weight excluding hydrogens is 267 g/mol. The van der Waals surface area contributed by atoms with Gasteiger partial charge in [0.05, 0.1) is 6.04 Å². The van der Waals surface area contributed by atoms with E-state index in [0.717, 1.165) is 25.9 Å². The van der Waals surface area contributed by atoms with Gasteiger partial charge in [0, 0.05) is 24.7 Å². The number of nitrogens with zero attached hydrogens (tertiary/aromatic N) is 1. The van der Waals surface area contributed by atoms with E-state index in [1.54, 1.807) is 12.1 Å². The van der Waals surface area contributed by atoms with Crippen molar-refractivity contribution in [3.8, 4) is 0 Å². The highest BCUT2D eigenvalue weighted by Crippen LogP contribution is 2.17. The number of likely N-dealkylation sites (tertiary alicyclic amines) is 1. The van der Waals surface area contributed by atoms with Crippen LogP contribution in [0.25, 0.3) is 0 Å². The maximum absolute atomic E-state index is 13.8. The highest BCUT2D eigenvalue weighted by Gasteiger charge is 2.23. The molecule has 1 aliphatic heterocycles. The molecule has 2 unspecified atom stereocenters. The van der Waals surface area contributed by atoms with Crippen molar-refractivity contribution in [3.05, 3.63) is 35.6 Å². The lowest BCUT2D eigenvalue weighted by atomic mass is 10.1. The van der Waals surface area contributed by atoms with Crippen LogP contribution >= 0.6 is 0 Å². The summed E-state index contributed by atoms with van der Waals surface area (Å²) in [7, 11) is 0. The number of rotatable bonds is 4. The van der Waals surface area contributed by atoms with E-state index in [2.05, 4.69) is 5.32 Å². The molecule has 1 aliphatic rings. The first-order valence-corrected chi connectivity index (χ1v) is 7.89. The molecule has 0 aliphatic carbocycles. The predicted octanol–water partition coefficient (Wildman–Crippen LogP) is 3.27. The Balaban J connectivity index is 1.95. The molecule has 3 nitrogen and oxygen atoms in total. The van der Waals surface area contributed by atoms with Crippen LogP contribution in [0.5, 0.6) is 0 Å². The lowest BCUT2D eigenvalue weighted by molar-refractivity contribution is -0.133. The molecular formula is C17H25FN2O. The number of carbonyl (C=O) groups is 1. The van der Waals surface area contributed by atoms with Crippen LogP contribution in [0.4, 0.5) is 4.39 Å². The Morgan fingerprint density at radius 3 is 2.38 bits per heavy atom. The Hall–Kier alpha value is -1.42. The lowest BCUT2D eigenvalue weighted by Gasteiger charge is -2.27. The maximum Gasteiger partial charge on any atom is 0.239 e. The van der Waals surface area contributed by atoms with Crippen molar-refractivity contribution >= 4 is 5.91 Å². The molecule has 116 valence electrons. The molecule has 0 spiro atoms. The molecule has 1 saturated heterocycles. The fourth-order valence-corrected chi connectivity index (χ4v) is 2.93. The van der Waals surface area contributed by atoms with E-state index in [-0.39, 0.29) is 23.8 Å². The van der Waals surface area contributed by atoms with Crippen molar-refractivity contribution in [3.63, 3.8) is 0 Å². The Morgan fingerprint density at radius 1 is 1.14 bits per heavy atom. The van der Waals surface area contributed by atoms with Crippen molar-refractivity contribution in [2.24, 2.45) is 0 Å². The molecule has 1 fully saturated rings. The zero-order valence-electron chi connectivity index (χ0n) is 12.9. The van der Waals surface area contributed by atoms with Crippen LogP contribution in [0.1, 0.15) is 51.1 Å². The van der Waals surface area contributed by atoms with Gasteiger partial charge in [-0.3, -0.25) is 10.1 Å². The fraction of sp³-hybridized carbons (Fsp3) is 0.588. The normalized spacial score (nSPS) is 18.9. The first-order valence-electron chi connectivity index (χ1n) is 7.89. The summed E-state index contributed by atoms with van der Waals surface area (Å²) in [6.07, 6.45) is 4.58. The van der Waals surface area contributed by atoms with E-state index in [4.69, 9.17) is 0 Å². The Kier molecular flexibility index (Phi) is 5.74. The monoisotopic (exact) mass is 292 g/mol. The molecule has 0 aromatic heterocycles. The largest absolute Gasteiger partial charge is 0.341 e. The lowest BCUT2D eigenvalue weighted by Crippen LogP contribution is -2.46.